The zero-order valence-electron chi connectivity index (χ0n) is 14.6. The third-order valence-electron chi connectivity index (χ3n) is 5.48. The fourth-order valence-electron chi connectivity index (χ4n) is 3.96. The summed E-state index contributed by atoms with van der Waals surface area (Å²) in [6, 6.07) is 5.65. The summed E-state index contributed by atoms with van der Waals surface area (Å²) < 4.78 is 12.2. The van der Waals surface area contributed by atoms with Crippen molar-refractivity contribution >= 4 is 38.8 Å². The summed E-state index contributed by atoms with van der Waals surface area (Å²) in [5, 5.41) is 7.04. The largest absolute Gasteiger partial charge is 0.460 e. The number of halogens is 1. The Morgan fingerprint density at radius 2 is 2.15 bits per heavy atom. The van der Waals surface area contributed by atoms with Crippen molar-refractivity contribution in [1.29, 1.82) is 0 Å². The summed E-state index contributed by atoms with van der Waals surface area (Å²) in [5.74, 6) is -0.0980. The van der Waals surface area contributed by atoms with Gasteiger partial charge in [0.25, 0.3) is 5.91 Å². The van der Waals surface area contributed by atoms with Crippen LogP contribution in [0.5, 0.6) is 0 Å². The highest BCUT2D eigenvalue weighted by Crippen LogP contribution is 2.41. The van der Waals surface area contributed by atoms with Crippen LogP contribution in [0.25, 0.3) is 11.0 Å². The lowest BCUT2D eigenvalue weighted by atomic mass is 9.76. The van der Waals surface area contributed by atoms with Crippen molar-refractivity contribution in [2.45, 2.75) is 32.3 Å². The minimum atomic E-state index is -0.373. The molecule has 0 radical (unpaired) electrons. The Labute approximate surface area is 159 Å². The van der Waals surface area contributed by atoms with Crippen LogP contribution < -0.4 is 10.6 Å². The highest BCUT2D eigenvalue weighted by molar-refractivity contribution is 9.10. The molecule has 2 aliphatic heterocycles. The van der Waals surface area contributed by atoms with Gasteiger partial charge in [-0.05, 0) is 51.1 Å². The van der Waals surface area contributed by atoms with E-state index in [-0.39, 0.29) is 23.4 Å². The Kier molecular flexibility index (Phi) is 4.52. The monoisotopic (exact) mass is 420 g/mol. The Bertz CT molecular complexity index is 870. The topological polar surface area (TPSA) is 80.6 Å². The first-order chi connectivity index (χ1) is 12.5. The normalized spacial score (nSPS) is 21.9. The van der Waals surface area contributed by atoms with E-state index in [0.29, 0.717) is 24.3 Å². The van der Waals surface area contributed by atoms with Gasteiger partial charge in [0, 0.05) is 21.8 Å². The smallest absolute Gasteiger partial charge is 0.312 e. The number of esters is 1. The number of carbonyl (C=O) groups excluding carboxylic acids is 2. The predicted molar refractivity (Wildman–Crippen MR) is 100 cm³/mol. The van der Waals surface area contributed by atoms with Gasteiger partial charge in [0.15, 0.2) is 5.76 Å². The van der Waals surface area contributed by atoms with Gasteiger partial charge in [0.2, 0.25) is 0 Å². The van der Waals surface area contributed by atoms with Crippen LogP contribution in [0, 0.1) is 12.3 Å². The lowest BCUT2D eigenvalue weighted by Crippen LogP contribution is -2.39. The molecule has 26 heavy (non-hydrogen) atoms. The molecule has 0 saturated carbocycles. The SMILES string of the molecule is Cc1c(C(=O)NCC2CC3(CCNCC3)C(=O)O2)oc2ccc(Br)cc12. The minimum absolute atomic E-state index is 0.122. The quantitative estimate of drug-likeness (QED) is 0.746. The number of fused-ring (bicyclic) bond motifs is 1. The van der Waals surface area contributed by atoms with E-state index in [0.717, 1.165) is 41.4 Å². The third kappa shape index (κ3) is 3.03. The molecule has 0 bridgehead atoms. The zero-order valence-corrected chi connectivity index (χ0v) is 16.1. The van der Waals surface area contributed by atoms with Crippen molar-refractivity contribution in [3.8, 4) is 0 Å². The van der Waals surface area contributed by atoms with Crippen LogP contribution in [0.3, 0.4) is 0 Å². The van der Waals surface area contributed by atoms with E-state index < -0.39 is 0 Å². The summed E-state index contributed by atoms with van der Waals surface area (Å²) in [4.78, 5) is 24.9. The van der Waals surface area contributed by atoms with Crippen LogP contribution in [0.4, 0.5) is 0 Å². The molecule has 138 valence electrons. The number of rotatable bonds is 3. The first kappa shape index (κ1) is 17.5. The molecule has 1 amide bonds. The summed E-state index contributed by atoms with van der Waals surface area (Å²) in [6.45, 7) is 3.84. The fourth-order valence-corrected chi connectivity index (χ4v) is 4.32. The number of hydrogen-bond acceptors (Lipinski definition) is 5. The number of furan rings is 1. The highest BCUT2D eigenvalue weighted by Gasteiger charge is 2.49. The van der Waals surface area contributed by atoms with E-state index in [1.807, 2.05) is 25.1 Å². The number of piperidine rings is 1. The number of carbonyl (C=O) groups is 2. The van der Waals surface area contributed by atoms with Crippen molar-refractivity contribution in [2.24, 2.45) is 5.41 Å². The molecule has 1 aromatic carbocycles. The van der Waals surface area contributed by atoms with Gasteiger partial charge in [0.05, 0.1) is 12.0 Å². The average Bonchev–Trinajstić information content (AvgIpc) is 3.11. The van der Waals surface area contributed by atoms with Gasteiger partial charge >= 0.3 is 5.97 Å². The maximum Gasteiger partial charge on any atom is 0.312 e. The number of hydrogen-bond donors (Lipinski definition) is 2. The average molecular weight is 421 g/mol. The summed E-state index contributed by atoms with van der Waals surface area (Å²) >= 11 is 3.43. The molecule has 3 heterocycles. The maximum atomic E-state index is 12.6. The van der Waals surface area contributed by atoms with E-state index in [4.69, 9.17) is 9.15 Å². The zero-order chi connectivity index (χ0) is 18.3. The first-order valence-electron chi connectivity index (χ1n) is 8.87. The third-order valence-corrected chi connectivity index (χ3v) is 5.97. The van der Waals surface area contributed by atoms with E-state index in [1.54, 1.807) is 0 Å². The standard InChI is InChI=1S/C19H21BrN2O4/c1-11-14-8-12(20)2-3-15(14)26-16(11)17(23)22-10-13-9-19(18(24)25-13)4-6-21-7-5-19/h2-3,8,13,21H,4-7,9-10H2,1H3,(H,22,23). The number of nitrogens with one attached hydrogen (secondary N) is 2. The lowest BCUT2D eigenvalue weighted by molar-refractivity contribution is -0.149. The van der Waals surface area contributed by atoms with Gasteiger partial charge in [-0.1, -0.05) is 15.9 Å². The number of cyclic esters (lactones) is 1. The van der Waals surface area contributed by atoms with Gasteiger partial charge in [-0.15, -0.1) is 0 Å². The number of aryl methyl sites for hydroxylation is 1. The van der Waals surface area contributed by atoms with E-state index in [1.165, 1.54) is 0 Å². The van der Waals surface area contributed by atoms with Crippen LogP contribution in [0.15, 0.2) is 27.1 Å². The minimum Gasteiger partial charge on any atom is -0.460 e. The van der Waals surface area contributed by atoms with Crippen molar-refractivity contribution in [3.05, 3.63) is 34.0 Å². The van der Waals surface area contributed by atoms with E-state index >= 15 is 0 Å². The number of benzene rings is 1. The van der Waals surface area contributed by atoms with Gasteiger partial charge in [-0.25, -0.2) is 0 Å². The lowest BCUT2D eigenvalue weighted by Gasteiger charge is -2.29. The highest BCUT2D eigenvalue weighted by atomic mass is 79.9. The first-order valence-corrected chi connectivity index (χ1v) is 9.66. The van der Waals surface area contributed by atoms with Gasteiger partial charge in [-0.2, -0.15) is 0 Å². The molecule has 1 unspecified atom stereocenters. The summed E-state index contributed by atoms with van der Waals surface area (Å²) in [7, 11) is 0. The molecule has 1 aromatic heterocycles. The van der Waals surface area contributed by atoms with Crippen molar-refractivity contribution in [1.82, 2.24) is 10.6 Å². The summed E-state index contributed by atoms with van der Waals surface area (Å²) in [5.41, 5.74) is 1.11. The molecule has 7 heteroatoms. The maximum absolute atomic E-state index is 12.6. The van der Waals surface area contributed by atoms with Crippen LogP contribution in [0.1, 0.15) is 35.4 Å². The van der Waals surface area contributed by atoms with Gasteiger partial charge in [0.1, 0.15) is 11.7 Å². The predicted octanol–water partition coefficient (Wildman–Crippen LogP) is 2.92. The molecule has 1 atom stereocenters. The van der Waals surface area contributed by atoms with Crippen molar-refractivity contribution < 1.29 is 18.7 Å². The molecule has 4 rings (SSSR count). The van der Waals surface area contributed by atoms with E-state index in [9.17, 15) is 9.59 Å². The molecule has 1 spiro atoms. The fraction of sp³-hybridized carbons (Fsp3) is 0.474. The Hall–Kier alpha value is -1.86. The summed E-state index contributed by atoms with van der Waals surface area (Å²) in [6.07, 6.45) is 1.99. The molecule has 2 N–H and O–H groups in total. The Morgan fingerprint density at radius 3 is 2.92 bits per heavy atom. The van der Waals surface area contributed by atoms with Crippen molar-refractivity contribution in [2.75, 3.05) is 19.6 Å². The second kappa shape index (κ2) is 6.70. The molecule has 2 aliphatic rings. The molecule has 6 nitrogen and oxygen atoms in total. The second-order valence-corrected chi connectivity index (χ2v) is 8.08. The van der Waals surface area contributed by atoms with Gasteiger partial charge < -0.3 is 19.8 Å². The number of amides is 1. The van der Waals surface area contributed by atoms with Crippen molar-refractivity contribution in [3.63, 3.8) is 0 Å². The Morgan fingerprint density at radius 1 is 1.38 bits per heavy atom. The van der Waals surface area contributed by atoms with E-state index in [2.05, 4.69) is 26.6 Å². The number of ether oxygens (including phenoxy) is 1. The van der Waals surface area contributed by atoms with Gasteiger partial charge in [-0.3, -0.25) is 9.59 Å². The molecule has 2 fully saturated rings. The Balaban J connectivity index is 1.43. The molecule has 2 saturated heterocycles. The van der Waals surface area contributed by atoms with Crippen LogP contribution in [-0.2, 0) is 9.53 Å². The second-order valence-electron chi connectivity index (χ2n) is 7.17. The van der Waals surface area contributed by atoms with Crippen LogP contribution in [0.2, 0.25) is 0 Å². The van der Waals surface area contributed by atoms with Crippen LogP contribution >= 0.6 is 15.9 Å². The molecule has 0 aliphatic carbocycles. The molecular formula is C19H21BrN2O4. The molecule has 2 aromatic rings. The van der Waals surface area contributed by atoms with Crippen LogP contribution in [-0.4, -0.2) is 37.6 Å². The molecular weight excluding hydrogens is 400 g/mol.